The number of hydrogen-bond donors (Lipinski definition) is 1. The SMILES string of the molecule is COCCCOc1cc(NC(C)C)ncn1. The summed E-state index contributed by atoms with van der Waals surface area (Å²) in [6, 6.07) is 2.14. The number of hydrogen-bond acceptors (Lipinski definition) is 5. The number of rotatable bonds is 7. The van der Waals surface area contributed by atoms with Crippen LogP contribution in [-0.2, 0) is 4.74 Å². The fourth-order valence-electron chi connectivity index (χ4n) is 1.17. The first-order valence-electron chi connectivity index (χ1n) is 5.42. The number of anilines is 1. The molecule has 0 aliphatic rings. The maximum absolute atomic E-state index is 5.46. The molecule has 90 valence electrons. The van der Waals surface area contributed by atoms with Gasteiger partial charge in [-0.25, -0.2) is 9.97 Å². The molecule has 0 amide bonds. The number of nitrogens with zero attached hydrogens (tertiary/aromatic N) is 2. The predicted octanol–water partition coefficient (Wildman–Crippen LogP) is 1.71. The van der Waals surface area contributed by atoms with Crippen molar-refractivity contribution in [1.29, 1.82) is 0 Å². The Balaban J connectivity index is 2.41. The van der Waals surface area contributed by atoms with Gasteiger partial charge in [0.25, 0.3) is 0 Å². The van der Waals surface area contributed by atoms with Gasteiger partial charge in [0.05, 0.1) is 6.61 Å². The highest BCUT2D eigenvalue weighted by molar-refractivity contribution is 5.37. The van der Waals surface area contributed by atoms with Gasteiger partial charge in [0, 0.05) is 32.2 Å². The predicted molar refractivity (Wildman–Crippen MR) is 62.8 cm³/mol. The second-order valence-corrected chi connectivity index (χ2v) is 3.74. The fraction of sp³-hybridized carbons (Fsp3) is 0.636. The van der Waals surface area contributed by atoms with Crippen molar-refractivity contribution in [3.63, 3.8) is 0 Å². The average Bonchev–Trinajstić information content (AvgIpc) is 2.24. The number of aromatic nitrogens is 2. The topological polar surface area (TPSA) is 56.3 Å². The van der Waals surface area contributed by atoms with Gasteiger partial charge >= 0.3 is 0 Å². The highest BCUT2D eigenvalue weighted by Crippen LogP contribution is 2.11. The molecule has 0 atom stereocenters. The van der Waals surface area contributed by atoms with E-state index in [4.69, 9.17) is 9.47 Å². The molecule has 0 saturated carbocycles. The quantitative estimate of drug-likeness (QED) is 0.716. The van der Waals surface area contributed by atoms with Crippen LogP contribution in [0.5, 0.6) is 5.88 Å². The van der Waals surface area contributed by atoms with Gasteiger partial charge in [-0.1, -0.05) is 0 Å². The van der Waals surface area contributed by atoms with Crippen molar-refractivity contribution in [1.82, 2.24) is 9.97 Å². The minimum atomic E-state index is 0.344. The Labute approximate surface area is 96.2 Å². The Kier molecular flexibility index (Phi) is 5.56. The molecule has 1 aromatic heterocycles. The summed E-state index contributed by atoms with van der Waals surface area (Å²) < 4.78 is 10.4. The van der Waals surface area contributed by atoms with E-state index in [9.17, 15) is 0 Å². The lowest BCUT2D eigenvalue weighted by Gasteiger charge is -2.10. The minimum Gasteiger partial charge on any atom is -0.477 e. The molecule has 16 heavy (non-hydrogen) atoms. The number of nitrogens with one attached hydrogen (secondary N) is 1. The molecular weight excluding hydrogens is 206 g/mol. The largest absolute Gasteiger partial charge is 0.477 e. The summed E-state index contributed by atoms with van der Waals surface area (Å²) in [6.45, 7) is 5.41. The Bertz CT molecular complexity index is 305. The zero-order valence-corrected chi connectivity index (χ0v) is 10.1. The third-order valence-corrected chi connectivity index (χ3v) is 1.82. The van der Waals surface area contributed by atoms with Crippen molar-refractivity contribution in [3.05, 3.63) is 12.4 Å². The zero-order chi connectivity index (χ0) is 11.8. The molecular formula is C11H19N3O2. The van der Waals surface area contributed by atoms with Gasteiger partial charge in [-0.15, -0.1) is 0 Å². The highest BCUT2D eigenvalue weighted by Gasteiger charge is 2.00. The van der Waals surface area contributed by atoms with Crippen molar-refractivity contribution >= 4 is 5.82 Å². The molecule has 0 spiro atoms. The van der Waals surface area contributed by atoms with E-state index in [2.05, 4.69) is 29.1 Å². The van der Waals surface area contributed by atoms with Crippen LogP contribution in [0.15, 0.2) is 12.4 Å². The maximum Gasteiger partial charge on any atom is 0.218 e. The molecule has 0 fully saturated rings. The van der Waals surface area contributed by atoms with Gasteiger partial charge in [0.1, 0.15) is 12.1 Å². The van der Waals surface area contributed by atoms with Crippen molar-refractivity contribution < 1.29 is 9.47 Å². The summed E-state index contributed by atoms with van der Waals surface area (Å²) >= 11 is 0. The summed E-state index contributed by atoms with van der Waals surface area (Å²) in [5, 5.41) is 3.19. The maximum atomic E-state index is 5.46. The molecule has 0 radical (unpaired) electrons. The van der Waals surface area contributed by atoms with Crippen LogP contribution in [-0.4, -0.2) is 36.3 Å². The Morgan fingerprint density at radius 2 is 2.12 bits per heavy atom. The molecule has 1 aromatic rings. The van der Waals surface area contributed by atoms with Crippen LogP contribution in [0.2, 0.25) is 0 Å². The fourth-order valence-corrected chi connectivity index (χ4v) is 1.17. The number of methoxy groups -OCH3 is 1. The standard InChI is InChI=1S/C11H19N3O2/c1-9(2)14-10-7-11(13-8-12-10)16-6-4-5-15-3/h7-9H,4-6H2,1-3H3,(H,12,13,14). The van der Waals surface area contributed by atoms with E-state index in [1.54, 1.807) is 13.2 Å². The van der Waals surface area contributed by atoms with Gasteiger partial charge in [-0.2, -0.15) is 0 Å². The first-order valence-corrected chi connectivity index (χ1v) is 5.42. The first-order chi connectivity index (χ1) is 7.72. The van der Waals surface area contributed by atoms with Gasteiger partial charge in [0.2, 0.25) is 5.88 Å². The molecule has 0 unspecified atom stereocenters. The van der Waals surface area contributed by atoms with Gasteiger partial charge in [-0.05, 0) is 13.8 Å². The molecule has 0 saturated heterocycles. The lowest BCUT2D eigenvalue weighted by atomic mass is 10.4. The van der Waals surface area contributed by atoms with Crippen molar-refractivity contribution in [2.24, 2.45) is 0 Å². The van der Waals surface area contributed by atoms with Crippen LogP contribution >= 0.6 is 0 Å². The van der Waals surface area contributed by atoms with E-state index >= 15 is 0 Å². The third kappa shape index (κ3) is 4.93. The van der Waals surface area contributed by atoms with E-state index < -0.39 is 0 Å². The molecule has 0 bridgehead atoms. The molecule has 5 nitrogen and oxygen atoms in total. The highest BCUT2D eigenvalue weighted by atomic mass is 16.5. The summed E-state index contributed by atoms with van der Waals surface area (Å²) in [5.41, 5.74) is 0. The van der Waals surface area contributed by atoms with Crippen LogP contribution < -0.4 is 10.1 Å². The Hall–Kier alpha value is -1.36. The average molecular weight is 225 g/mol. The van der Waals surface area contributed by atoms with E-state index in [0.717, 1.165) is 12.2 Å². The van der Waals surface area contributed by atoms with E-state index in [1.807, 2.05) is 0 Å². The second-order valence-electron chi connectivity index (χ2n) is 3.74. The lowest BCUT2D eigenvalue weighted by molar-refractivity contribution is 0.170. The monoisotopic (exact) mass is 225 g/mol. The Morgan fingerprint density at radius 1 is 1.31 bits per heavy atom. The summed E-state index contributed by atoms with van der Waals surface area (Å²) in [6.07, 6.45) is 2.35. The van der Waals surface area contributed by atoms with E-state index in [-0.39, 0.29) is 0 Å². The molecule has 0 aromatic carbocycles. The number of ether oxygens (including phenoxy) is 2. The van der Waals surface area contributed by atoms with Gasteiger partial charge < -0.3 is 14.8 Å². The van der Waals surface area contributed by atoms with Crippen LogP contribution in [0.3, 0.4) is 0 Å². The molecule has 5 heteroatoms. The van der Waals surface area contributed by atoms with Crippen molar-refractivity contribution in [2.75, 3.05) is 25.6 Å². The lowest BCUT2D eigenvalue weighted by Crippen LogP contribution is -2.11. The molecule has 1 heterocycles. The van der Waals surface area contributed by atoms with Gasteiger partial charge in [-0.3, -0.25) is 0 Å². The van der Waals surface area contributed by atoms with E-state index in [0.29, 0.717) is 25.1 Å². The summed E-state index contributed by atoms with van der Waals surface area (Å²) in [5.74, 6) is 1.38. The van der Waals surface area contributed by atoms with Crippen LogP contribution in [0.25, 0.3) is 0 Å². The van der Waals surface area contributed by atoms with Crippen LogP contribution in [0.1, 0.15) is 20.3 Å². The minimum absolute atomic E-state index is 0.344. The third-order valence-electron chi connectivity index (χ3n) is 1.82. The zero-order valence-electron chi connectivity index (χ0n) is 10.1. The second kappa shape index (κ2) is 7.00. The normalized spacial score (nSPS) is 10.5. The molecule has 1 rings (SSSR count). The summed E-state index contributed by atoms with van der Waals surface area (Å²) in [4.78, 5) is 8.13. The van der Waals surface area contributed by atoms with Crippen molar-refractivity contribution in [2.45, 2.75) is 26.3 Å². The smallest absolute Gasteiger partial charge is 0.218 e. The Morgan fingerprint density at radius 3 is 2.81 bits per heavy atom. The van der Waals surface area contributed by atoms with Crippen LogP contribution in [0.4, 0.5) is 5.82 Å². The summed E-state index contributed by atoms with van der Waals surface area (Å²) in [7, 11) is 1.68. The molecule has 0 aliphatic carbocycles. The van der Waals surface area contributed by atoms with E-state index in [1.165, 1.54) is 6.33 Å². The first kappa shape index (κ1) is 12.7. The van der Waals surface area contributed by atoms with Gasteiger partial charge in [0.15, 0.2) is 0 Å². The van der Waals surface area contributed by atoms with Crippen molar-refractivity contribution in [3.8, 4) is 5.88 Å². The van der Waals surface area contributed by atoms with Crippen LogP contribution in [0, 0.1) is 0 Å². The molecule has 0 aliphatic heterocycles. The molecule has 1 N–H and O–H groups in total.